The van der Waals surface area contributed by atoms with Crippen LogP contribution in [-0.2, 0) is 4.74 Å². The normalized spacial score (nSPS) is 14.9. The molecule has 0 unspecified atom stereocenters. The molecular formula is C14H13NO2. The summed E-state index contributed by atoms with van der Waals surface area (Å²) in [7, 11) is 1.40. The Kier molecular flexibility index (Phi) is 2.32. The van der Waals surface area contributed by atoms with Gasteiger partial charge < -0.3 is 4.74 Å². The molecule has 0 N–H and O–H groups in total. The average Bonchev–Trinajstić information content (AvgIpc) is 3.20. The monoisotopic (exact) mass is 227 g/mol. The topological polar surface area (TPSA) is 39.2 Å². The lowest BCUT2D eigenvalue weighted by molar-refractivity contribution is 0.0593. The Balaban J connectivity index is 2.23. The van der Waals surface area contributed by atoms with Crippen molar-refractivity contribution in [2.45, 2.75) is 18.8 Å². The molecule has 1 heterocycles. The number of nitrogens with zero attached hydrogens (tertiary/aromatic N) is 1. The van der Waals surface area contributed by atoms with Gasteiger partial charge >= 0.3 is 5.97 Å². The van der Waals surface area contributed by atoms with Crippen LogP contribution in [-0.4, -0.2) is 18.1 Å². The molecule has 3 rings (SSSR count). The highest BCUT2D eigenvalue weighted by Crippen LogP contribution is 2.42. The molecule has 0 amide bonds. The minimum absolute atomic E-state index is 0.336. The number of aromatic nitrogens is 1. The molecule has 0 aliphatic heterocycles. The van der Waals surface area contributed by atoms with Crippen molar-refractivity contribution < 1.29 is 9.53 Å². The number of fused-ring (bicyclic) bond motifs is 1. The molecule has 0 spiro atoms. The lowest BCUT2D eigenvalue weighted by atomic mass is 10.1. The second-order valence-corrected chi connectivity index (χ2v) is 4.38. The molecular weight excluding hydrogens is 214 g/mol. The number of pyridine rings is 1. The maximum atomic E-state index is 11.7. The quantitative estimate of drug-likeness (QED) is 0.740. The molecule has 1 aliphatic rings. The second kappa shape index (κ2) is 3.84. The van der Waals surface area contributed by atoms with Crippen LogP contribution in [0, 0.1) is 0 Å². The number of carbonyl (C=O) groups excluding carboxylic acids is 1. The molecule has 1 fully saturated rings. The highest BCUT2D eigenvalue weighted by molar-refractivity contribution is 5.93. The fourth-order valence-corrected chi connectivity index (χ4v) is 2.10. The first-order valence-corrected chi connectivity index (χ1v) is 5.77. The van der Waals surface area contributed by atoms with Gasteiger partial charge in [0.1, 0.15) is 0 Å². The maximum absolute atomic E-state index is 11.7. The number of hydrogen-bond acceptors (Lipinski definition) is 3. The van der Waals surface area contributed by atoms with Crippen LogP contribution in [0.25, 0.3) is 10.9 Å². The Bertz CT molecular complexity index is 588. The van der Waals surface area contributed by atoms with Crippen molar-refractivity contribution in [3.63, 3.8) is 0 Å². The van der Waals surface area contributed by atoms with E-state index in [1.165, 1.54) is 7.11 Å². The number of benzene rings is 1. The van der Waals surface area contributed by atoms with Crippen molar-refractivity contribution in [3.05, 3.63) is 41.6 Å². The molecule has 1 aromatic heterocycles. The van der Waals surface area contributed by atoms with Gasteiger partial charge in [-0.25, -0.2) is 9.78 Å². The number of para-hydroxylation sites is 1. The minimum atomic E-state index is -0.336. The summed E-state index contributed by atoms with van der Waals surface area (Å²) in [6, 6.07) is 9.92. The van der Waals surface area contributed by atoms with Crippen LogP contribution in [0.2, 0.25) is 0 Å². The molecule has 0 atom stereocenters. The fourth-order valence-electron chi connectivity index (χ4n) is 2.10. The van der Waals surface area contributed by atoms with Crippen molar-refractivity contribution in [2.24, 2.45) is 0 Å². The predicted molar refractivity (Wildman–Crippen MR) is 65.1 cm³/mol. The van der Waals surface area contributed by atoms with Crippen molar-refractivity contribution in [1.82, 2.24) is 4.98 Å². The van der Waals surface area contributed by atoms with Crippen LogP contribution in [0.5, 0.6) is 0 Å². The largest absolute Gasteiger partial charge is 0.464 e. The third-order valence-electron chi connectivity index (χ3n) is 3.15. The number of carbonyl (C=O) groups is 1. The van der Waals surface area contributed by atoms with Crippen LogP contribution >= 0.6 is 0 Å². The second-order valence-electron chi connectivity index (χ2n) is 4.38. The number of methoxy groups -OCH3 is 1. The Morgan fingerprint density at radius 1 is 1.35 bits per heavy atom. The highest BCUT2D eigenvalue weighted by Gasteiger charge is 2.29. The van der Waals surface area contributed by atoms with Gasteiger partial charge in [0.15, 0.2) is 5.69 Å². The molecule has 2 aromatic rings. The smallest absolute Gasteiger partial charge is 0.356 e. The first kappa shape index (κ1) is 10.3. The van der Waals surface area contributed by atoms with E-state index in [4.69, 9.17) is 4.74 Å². The lowest BCUT2D eigenvalue weighted by Gasteiger charge is -2.07. The Labute approximate surface area is 99.4 Å². The van der Waals surface area contributed by atoms with Gasteiger partial charge in [-0.1, -0.05) is 18.2 Å². The van der Waals surface area contributed by atoms with E-state index in [0.717, 1.165) is 29.3 Å². The Morgan fingerprint density at radius 2 is 2.12 bits per heavy atom. The van der Waals surface area contributed by atoms with E-state index in [0.29, 0.717) is 11.6 Å². The van der Waals surface area contributed by atoms with E-state index in [1.54, 1.807) is 0 Å². The van der Waals surface area contributed by atoms with E-state index < -0.39 is 0 Å². The van der Waals surface area contributed by atoms with Crippen molar-refractivity contribution in [3.8, 4) is 0 Å². The zero-order valence-corrected chi connectivity index (χ0v) is 9.64. The van der Waals surface area contributed by atoms with Crippen LogP contribution < -0.4 is 0 Å². The average molecular weight is 227 g/mol. The summed E-state index contributed by atoms with van der Waals surface area (Å²) < 4.78 is 4.80. The molecule has 0 bridgehead atoms. The summed E-state index contributed by atoms with van der Waals surface area (Å²) >= 11 is 0. The molecule has 0 saturated heterocycles. The highest BCUT2D eigenvalue weighted by atomic mass is 16.5. The third-order valence-corrected chi connectivity index (χ3v) is 3.15. The number of ether oxygens (including phenoxy) is 1. The SMILES string of the molecule is COC(=O)c1nc2ccccc2cc1C1CC1. The van der Waals surface area contributed by atoms with Gasteiger partial charge in [0, 0.05) is 5.39 Å². The fraction of sp³-hybridized carbons (Fsp3) is 0.286. The molecule has 1 saturated carbocycles. The summed E-state index contributed by atoms with van der Waals surface area (Å²) in [5.41, 5.74) is 2.36. The number of hydrogen-bond donors (Lipinski definition) is 0. The van der Waals surface area contributed by atoms with E-state index >= 15 is 0 Å². The molecule has 3 heteroatoms. The standard InChI is InChI=1S/C14H13NO2/c1-17-14(16)13-11(9-6-7-9)8-10-4-2-3-5-12(10)15-13/h2-5,8-9H,6-7H2,1H3. The molecule has 1 aromatic carbocycles. The van der Waals surface area contributed by atoms with Gasteiger partial charge in [-0.3, -0.25) is 0 Å². The van der Waals surface area contributed by atoms with Crippen molar-refractivity contribution in [2.75, 3.05) is 7.11 Å². The Morgan fingerprint density at radius 3 is 2.82 bits per heavy atom. The first-order chi connectivity index (χ1) is 8.29. The van der Waals surface area contributed by atoms with Crippen LogP contribution in [0.1, 0.15) is 34.8 Å². The van der Waals surface area contributed by atoms with E-state index in [-0.39, 0.29) is 5.97 Å². The maximum Gasteiger partial charge on any atom is 0.356 e. The van der Waals surface area contributed by atoms with Gasteiger partial charge in [-0.15, -0.1) is 0 Å². The molecule has 0 radical (unpaired) electrons. The molecule has 1 aliphatic carbocycles. The molecule has 3 nitrogen and oxygen atoms in total. The van der Waals surface area contributed by atoms with E-state index in [2.05, 4.69) is 11.1 Å². The lowest BCUT2D eigenvalue weighted by Crippen LogP contribution is -2.08. The Hall–Kier alpha value is -1.90. The predicted octanol–water partition coefficient (Wildman–Crippen LogP) is 2.90. The van der Waals surface area contributed by atoms with Crippen molar-refractivity contribution >= 4 is 16.9 Å². The summed E-state index contributed by atoms with van der Waals surface area (Å²) in [5.74, 6) is 0.152. The summed E-state index contributed by atoms with van der Waals surface area (Å²) in [5, 5.41) is 1.09. The summed E-state index contributed by atoms with van der Waals surface area (Å²) in [4.78, 5) is 16.2. The number of rotatable bonds is 2. The van der Waals surface area contributed by atoms with Crippen LogP contribution in [0.3, 0.4) is 0 Å². The van der Waals surface area contributed by atoms with Gasteiger partial charge in [-0.2, -0.15) is 0 Å². The van der Waals surface area contributed by atoms with Crippen LogP contribution in [0.4, 0.5) is 0 Å². The van der Waals surface area contributed by atoms with Gasteiger partial charge in [0.2, 0.25) is 0 Å². The minimum Gasteiger partial charge on any atom is -0.464 e. The van der Waals surface area contributed by atoms with Crippen LogP contribution in [0.15, 0.2) is 30.3 Å². The van der Waals surface area contributed by atoms with Crippen molar-refractivity contribution in [1.29, 1.82) is 0 Å². The summed E-state index contributed by atoms with van der Waals surface area (Å²) in [6.45, 7) is 0. The summed E-state index contributed by atoms with van der Waals surface area (Å²) in [6.07, 6.45) is 2.29. The van der Waals surface area contributed by atoms with E-state index in [1.807, 2.05) is 24.3 Å². The van der Waals surface area contributed by atoms with Gasteiger partial charge in [0.25, 0.3) is 0 Å². The zero-order chi connectivity index (χ0) is 11.8. The zero-order valence-electron chi connectivity index (χ0n) is 9.64. The van der Waals surface area contributed by atoms with E-state index in [9.17, 15) is 4.79 Å². The molecule has 17 heavy (non-hydrogen) atoms. The molecule has 86 valence electrons. The number of esters is 1. The van der Waals surface area contributed by atoms with Gasteiger partial charge in [-0.05, 0) is 36.5 Å². The van der Waals surface area contributed by atoms with Gasteiger partial charge in [0.05, 0.1) is 12.6 Å². The first-order valence-electron chi connectivity index (χ1n) is 5.77. The third kappa shape index (κ3) is 1.78.